The zero-order chi connectivity index (χ0) is 16.1. The predicted octanol–water partition coefficient (Wildman–Crippen LogP) is 2.82. The number of aryl methyl sites for hydroxylation is 1. The molecule has 22 heavy (non-hydrogen) atoms. The standard InChI is InChI=1S/C18H26N2O2/c1-4-12-19-18(22)15-10-11-16(21)20(5-2)17(15)14-8-6-13(3)7-9-14/h6-9,15,17H,4-5,10-12H2,1-3H3,(H,19,22)/t15-,17+/m1/s1. The van der Waals surface area contributed by atoms with Crippen LogP contribution in [0.15, 0.2) is 24.3 Å². The van der Waals surface area contributed by atoms with Gasteiger partial charge in [0.25, 0.3) is 0 Å². The quantitative estimate of drug-likeness (QED) is 0.909. The SMILES string of the molecule is CCCNC(=O)[C@@H]1CCC(=O)N(CC)[C@H]1c1ccc(C)cc1. The van der Waals surface area contributed by atoms with E-state index in [1.807, 2.05) is 49.9 Å². The Morgan fingerprint density at radius 2 is 1.95 bits per heavy atom. The topological polar surface area (TPSA) is 49.4 Å². The van der Waals surface area contributed by atoms with Gasteiger partial charge in [0.05, 0.1) is 12.0 Å². The molecule has 1 aliphatic rings. The van der Waals surface area contributed by atoms with Crippen LogP contribution in [0.2, 0.25) is 0 Å². The first kappa shape index (κ1) is 16.5. The smallest absolute Gasteiger partial charge is 0.225 e. The fraction of sp³-hybridized carbons (Fsp3) is 0.556. The number of piperidine rings is 1. The van der Waals surface area contributed by atoms with Crippen molar-refractivity contribution in [3.05, 3.63) is 35.4 Å². The lowest BCUT2D eigenvalue weighted by Crippen LogP contribution is -2.48. The van der Waals surface area contributed by atoms with Crippen molar-refractivity contribution in [3.63, 3.8) is 0 Å². The molecule has 4 heteroatoms. The third-order valence-corrected chi connectivity index (χ3v) is 4.35. The second kappa shape index (κ2) is 7.43. The number of benzene rings is 1. The molecule has 0 aromatic heterocycles. The average molecular weight is 302 g/mol. The maximum Gasteiger partial charge on any atom is 0.225 e. The molecule has 0 unspecified atom stereocenters. The van der Waals surface area contributed by atoms with E-state index in [9.17, 15) is 9.59 Å². The summed E-state index contributed by atoms with van der Waals surface area (Å²) in [6.45, 7) is 7.38. The number of amides is 2. The van der Waals surface area contributed by atoms with E-state index in [1.165, 1.54) is 5.56 Å². The lowest BCUT2D eigenvalue weighted by atomic mass is 9.83. The summed E-state index contributed by atoms with van der Waals surface area (Å²) >= 11 is 0. The highest BCUT2D eigenvalue weighted by molar-refractivity contribution is 5.85. The van der Waals surface area contributed by atoms with Gasteiger partial charge in [-0.15, -0.1) is 0 Å². The molecule has 4 nitrogen and oxygen atoms in total. The summed E-state index contributed by atoms with van der Waals surface area (Å²) in [5.74, 6) is 0.0536. The van der Waals surface area contributed by atoms with E-state index in [0.717, 1.165) is 12.0 Å². The minimum Gasteiger partial charge on any atom is -0.356 e. The van der Waals surface area contributed by atoms with Gasteiger partial charge >= 0.3 is 0 Å². The van der Waals surface area contributed by atoms with Gasteiger partial charge in [0.15, 0.2) is 0 Å². The molecule has 1 saturated heterocycles. The first-order valence-corrected chi connectivity index (χ1v) is 8.22. The highest BCUT2D eigenvalue weighted by Crippen LogP contribution is 2.36. The van der Waals surface area contributed by atoms with Gasteiger partial charge in [-0.1, -0.05) is 36.8 Å². The summed E-state index contributed by atoms with van der Waals surface area (Å²) in [5.41, 5.74) is 2.23. The summed E-state index contributed by atoms with van der Waals surface area (Å²) in [7, 11) is 0. The number of likely N-dealkylation sites (tertiary alicyclic amines) is 1. The maximum absolute atomic E-state index is 12.5. The summed E-state index contributed by atoms with van der Waals surface area (Å²) in [6, 6.07) is 8.03. The van der Waals surface area contributed by atoms with E-state index in [2.05, 4.69) is 5.32 Å². The Hall–Kier alpha value is -1.84. The molecule has 1 aromatic rings. The van der Waals surface area contributed by atoms with E-state index in [4.69, 9.17) is 0 Å². The van der Waals surface area contributed by atoms with Crippen molar-refractivity contribution in [1.82, 2.24) is 10.2 Å². The lowest BCUT2D eigenvalue weighted by molar-refractivity contribution is -0.143. The van der Waals surface area contributed by atoms with E-state index >= 15 is 0 Å². The molecule has 2 atom stereocenters. The Morgan fingerprint density at radius 1 is 1.27 bits per heavy atom. The highest BCUT2D eigenvalue weighted by Gasteiger charge is 2.39. The predicted molar refractivity (Wildman–Crippen MR) is 87.3 cm³/mol. The van der Waals surface area contributed by atoms with Crippen LogP contribution in [-0.2, 0) is 9.59 Å². The van der Waals surface area contributed by atoms with Gasteiger partial charge in [-0.2, -0.15) is 0 Å². The van der Waals surface area contributed by atoms with Gasteiger partial charge in [0.2, 0.25) is 11.8 Å². The van der Waals surface area contributed by atoms with Gasteiger partial charge in [-0.3, -0.25) is 9.59 Å². The van der Waals surface area contributed by atoms with Crippen molar-refractivity contribution in [2.45, 2.75) is 46.1 Å². The molecule has 120 valence electrons. The summed E-state index contributed by atoms with van der Waals surface area (Å²) in [5, 5.41) is 3.00. The van der Waals surface area contributed by atoms with Crippen LogP contribution in [0.25, 0.3) is 0 Å². The van der Waals surface area contributed by atoms with Crippen LogP contribution in [-0.4, -0.2) is 29.8 Å². The fourth-order valence-electron chi connectivity index (χ4n) is 3.16. The van der Waals surface area contributed by atoms with Crippen LogP contribution in [0.5, 0.6) is 0 Å². The number of rotatable bonds is 5. The van der Waals surface area contributed by atoms with Crippen LogP contribution in [0.3, 0.4) is 0 Å². The normalized spacial score (nSPS) is 21.8. The number of nitrogens with zero attached hydrogens (tertiary/aromatic N) is 1. The van der Waals surface area contributed by atoms with Crippen LogP contribution < -0.4 is 5.32 Å². The van der Waals surface area contributed by atoms with Crippen molar-refractivity contribution in [2.24, 2.45) is 5.92 Å². The van der Waals surface area contributed by atoms with E-state index in [0.29, 0.717) is 25.9 Å². The van der Waals surface area contributed by atoms with Crippen LogP contribution in [0, 0.1) is 12.8 Å². The molecule has 1 aromatic carbocycles. The zero-order valence-electron chi connectivity index (χ0n) is 13.8. The largest absolute Gasteiger partial charge is 0.356 e. The molecule has 1 heterocycles. The number of carbonyl (C=O) groups excluding carboxylic acids is 2. The average Bonchev–Trinajstić information content (AvgIpc) is 2.53. The minimum absolute atomic E-state index is 0.0679. The van der Waals surface area contributed by atoms with Crippen molar-refractivity contribution in [2.75, 3.05) is 13.1 Å². The third-order valence-electron chi connectivity index (χ3n) is 4.35. The number of hydrogen-bond acceptors (Lipinski definition) is 2. The molecule has 2 amide bonds. The summed E-state index contributed by atoms with van der Waals surface area (Å²) < 4.78 is 0. The lowest BCUT2D eigenvalue weighted by Gasteiger charge is -2.40. The summed E-state index contributed by atoms with van der Waals surface area (Å²) in [4.78, 5) is 26.6. The molecule has 2 rings (SSSR count). The fourth-order valence-corrected chi connectivity index (χ4v) is 3.16. The molecule has 0 spiro atoms. The van der Waals surface area contributed by atoms with Crippen molar-refractivity contribution in [1.29, 1.82) is 0 Å². The van der Waals surface area contributed by atoms with Crippen LogP contribution in [0.1, 0.15) is 50.3 Å². The van der Waals surface area contributed by atoms with Gasteiger partial charge in [0, 0.05) is 19.5 Å². The Labute approximate surface area is 132 Å². The van der Waals surface area contributed by atoms with Crippen LogP contribution >= 0.6 is 0 Å². The van der Waals surface area contributed by atoms with Crippen molar-refractivity contribution >= 4 is 11.8 Å². The number of nitrogens with one attached hydrogen (secondary N) is 1. The Kier molecular flexibility index (Phi) is 5.58. The Bertz CT molecular complexity index is 524. The van der Waals surface area contributed by atoms with E-state index in [1.54, 1.807) is 0 Å². The van der Waals surface area contributed by atoms with Gasteiger partial charge in [0.1, 0.15) is 0 Å². The molecule has 0 radical (unpaired) electrons. The monoisotopic (exact) mass is 302 g/mol. The summed E-state index contributed by atoms with van der Waals surface area (Å²) in [6.07, 6.45) is 2.01. The highest BCUT2D eigenvalue weighted by atomic mass is 16.2. The molecule has 1 aliphatic heterocycles. The third kappa shape index (κ3) is 3.49. The van der Waals surface area contributed by atoms with Gasteiger partial charge in [-0.25, -0.2) is 0 Å². The first-order chi connectivity index (χ1) is 10.6. The molecule has 1 fully saturated rings. The molecule has 0 saturated carbocycles. The van der Waals surface area contributed by atoms with Crippen LogP contribution in [0.4, 0.5) is 0 Å². The Balaban J connectivity index is 2.31. The minimum atomic E-state index is -0.160. The Morgan fingerprint density at radius 3 is 2.55 bits per heavy atom. The maximum atomic E-state index is 12.5. The molecular formula is C18H26N2O2. The van der Waals surface area contributed by atoms with Crippen molar-refractivity contribution < 1.29 is 9.59 Å². The zero-order valence-corrected chi connectivity index (χ0v) is 13.8. The van der Waals surface area contributed by atoms with Gasteiger partial charge < -0.3 is 10.2 Å². The number of hydrogen-bond donors (Lipinski definition) is 1. The molecule has 1 N–H and O–H groups in total. The van der Waals surface area contributed by atoms with E-state index in [-0.39, 0.29) is 23.8 Å². The second-order valence-corrected chi connectivity index (χ2v) is 5.97. The van der Waals surface area contributed by atoms with Gasteiger partial charge in [-0.05, 0) is 32.3 Å². The molecule has 0 bridgehead atoms. The van der Waals surface area contributed by atoms with E-state index < -0.39 is 0 Å². The second-order valence-electron chi connectivity index (χ2n) is 5.97. The molecular weight excluding hydrogens is 276 g/mol. The van der Waals surface area contributed by atoms with Crippen molar-refractivity contribution in [3.8, 4) is 0 Å². The first-order valence-electron chi connectivity index (χ1n) is 8.22. The number of carbonyl (C=O) groups is 2. The molecule has 0 aliphatic carbocycles.